The van der Waals surface area contributed by atoms with Gasteiger partial charge >= 0.3 is 6.09 Å². The Hall–Kier alpha value is -0.640. The molecule has 0 aromatic rings. The first-order valence-corrected chi connectivity index (χ1v) is 5.32. The average molecular weight is 201 g/mol. The molecule has 0 radical (unpaired) electrons. The van der Waals surface area contributed by atoms with Gasteiger partial charge in [-0.2, -0.15) is 0 Å². The molecule has 0 unspecified atom stereocenters. The molecule has 1 rings (SSSR count). The second-order valence-electron chi connectivity index (χ2n) is 3.83. The van der Waals surface area contributed by atoms with E-state index in [0.717, 1.165) is 12.3 Å². The number of rotatable bonds is 0. The van der Waals surface area contributed by atoms with E-state index in [1.165, 1.54) is 0 Å². The lowest BCUT2D eigenvalue weighted by Gasteiger charge is -2.26. The standard InChI is InChI=1S/C9H15NO2S/c1-9(2,3)12-8(11)10-4-6-13-7-5-10/h4,6H,5,7H2,1-3H3. The van der Waals surface area contributed by atoms with Crippen LogP contribution in [0.4, 0.5) is 4.79 Å². The molecule has 0 aliphatic carbocycles. The molecular formula is C9H15NO2S. The zero-order valence-electron chi connectivity index (χ0n) is 8.24. The summed E-state index contributed by atoms with van der Waals surface area (Å²) >= 11 is 1.70. The van der Waals surface area contributed by atoms with Gasteiger partial charge < -0.3 is 4.74 Å². The molecule has 13 heavy (non-hydrogen) atoms. The van der Waals surface area contributed by atoms with Crippen molar-refractivity contribution in [3.63, 3.8) is 0 Å². The van der Waals surface area contributed by atoms with E-state index in [0.29, 0.717) is 0 Å². The summed E-state index contributed by atoms with van der Waals surface area (Å²) in [6.07, 6.45) is 1.51. The Bertz CT molecular complexity index is 220. The largest absolute Gasteiger partial charge is 0.443 e. The van der Waals surface area contributed by atoms with Gasteiger partial charge in [-0.1, -0.05) is 0 Å². The third kappa shape index (κ3) is 3.72. The van der Waals surface area contributed by atoms with Crippen LogP contribution < -0.4 is 0 Å². The molecule has 1 aliphatic rings. The Labute approximate surface area is 83.1 Å². The van der Waals surface area contributed by atoms with Crippen LogP contribution in [-0.4, -0.2) is 28.9 Å². The predicted molar refractivity (Wildman–Crippen MR) is 54.5 cm³/mol. The highest BCUT2D eigenvalue weighted by Crippen LogP contribution is 2.15. The summed E-state index contributed by atoms with van der Waals surface area (Å²) in [5, 5.41) is 1.91. The highest BCUT2D eigenvalue weighted by molar-refractivity contribution is 8.02. The Morgan fingerprint density at radius 1 is 1.54 bits per heavy atom. The molecule has 0 saturated heterocycles. The number of ether oxygens (including phenoxy) is 1. The average Bonchev–Trinajstić information content (AvgIpc) is 2.03. The number of carbonyl (C=O) groups is 1. The van der Waals surface area contributed by atoms with E-state index in [1.54, 1.807) is 22.9 Å². The third-order valence-corrected chi connectivity index (χ3v) is 2.15. The van der Waals surface area contributed by atoms with Gasteiger partial charge in [0.25, 0.3) is 0 Å². The fourth-order valence-corrected chi connectivity index (χ4v) is 1.55. The van der Waals surface area contributed by atoms with Crippen molar-refractivity contribution < 1.29 is 9.53 Å². The van der Waals surface area contributed by atoms with Gasteiger partial charge in [-0.3, -0.25) is 4.90 Å². The van der Waals surface area contributed by atoms with Crippen molar-refractivity contribution in [1.82, 2.24) is 4.90 Å². The lowest BCUT2D eigenvalue weighted by Crippen LogP contribution is -2.35. The number of thioether (sulfide) groups is 1. The van der Waals surface area contributed by atoms with Gasteiger partial charge in [0.2, 0.25) is 0 Å². The van der Waals surface area contributed by atoms with Crippen LogP contribution in [0, 0.1) is 0 Å². The Balaban J connectivity index is 2.47. The summed E-state index contributed by atoms with van der Waals surface area (Å²) in [4.78, 5) is 13.1. The van der Waals surface area contributed by atoms with Gasteiger partial charge in [0, 0.05) is 18.5 Å². The highest BCUT2D eigenvalue weighted by Gasteiger charge is 2.21. The van der Waals surface area contributed by atoms with Crippen molar-refractivity contribution in [3.05, 3.63) is 11.6 Å². The Kier molecular flexibility index (Phi) is 3.25. The van der Waals surface area contributed by atoms with Crippen molar-refractivity contribution in [2.24, 2.45) is 0 Å². The fraction of sp³-hybridized carbons (Fsp3) is 0.667. The number of nitrogens with zero attached hydrogens (tertiary/aromatic N) is 1. The maximum absolute atomic E-state index is 11.5. The van der Waals surface area contributed by atoms with Gasteiger partial charge in [0.05, 0.1) is 0 Å². The molecule has 0 atom stereocenters. The third-order valence-electron chi connectivity index (χ3n) is 1.42. The lowest BCUT2D eigenvalue weighted by atomic mass is 10.2. The van der Waals surface area contributed by atoms with E-state index >= 15 is 0 Å². The molecule has 4 heteroatoms. The summed E-state index contributed by atoms with van der Waals surface area (Å²) in [6.45, 7) is 6.34. The molecule has 3 nitrogen and oxygen atoms in total. The monoisotopic (exact) mass is 201 g/mol. The zero-order chi connectivity index (χ0) is 9.90. The van der Waals surface area contributed by atoms with Crippen LogP contribution >= 0.6 is 11.8 Å². The molecule has 0 N–H and O–H groups in total. The van der Waals surface area contributed by atoms with E-state index in [-0.39, 0.29) is 6.09 Å². The van der Waals surface area contributed by atoms with E-state index in [2.05, 4.69) is 0 Å². The molecule has 0 fully saturated rings. The van der Waals surface area contributed by atoms with Crippen LogP contribution in [0.3, 0.4) is 0 Å². The molecule has 0 spiro atoms. The Morgan fingerprint density at radius 3 is 2.69 bits per heavy atom. The first-order valence-electron chi connectivity index (χ1n) is 4.27. The summed E-state index contributed by atoms with van der Waals surface area (Å²) in [5.74, 6) is 0.940. The molecule has 74 valence electrons. The maximum atomic E-state index is 11.5. The first-order chi connectivity index (χ1) is 5.99. The SMILES string of the molecule is CC(C)(C)OC(=O)N1C=CSCC1. The van der Waals surface area contributed by atoms with Crippen molar-refractivity contribution in [2.75, 3.05) is 12.3 Å². The maximum Gasteiger partial charge on any atom is 0.414 e. The molecule has 0 saturated carbocycles. The topological polar surface area (TPSA) is 29.5 Å². The minimum absolute atomic E-state index is 0.260. The van der Waals surface area contributed by atoms with Crippen LogP contribution in [0.25, 0.3) is 0 Å². The van der Waals surface area contributed by atoms with Gasteiger partial charge in [-0.25, -0.2) is 4.79 Å². The summed E-state index contributed by atoms with van der Waals surface area (Å²) < 4.78 is 5.20. The lowest BCUT2D eigenvalue weighted by molar-refractivity contribution is 0.0343. The van der Waals surface area contributed by atoms with E-state index in [9.17, 15) is 4.79 Å². The second-order valence-corrected chi connectivity index (χ2v) is 4.84. The minimum Gasteiger partial charge on any atom is -0.443 e. The van der Waals surface area contributed by atoms with Crippen molar-refractivity contribution in [3.8, 4) is 0 Å². The van der Waals surface area contributed by atoms with Gasteiger partial charge in [-0.05, 0) is 26.2 Å². The zero-order valence-corrected chi connectivity index (χ0v) is 9.06. The van der Waals surface area contributed by atoms with Crippen molar-refractivity contribution in [2.45, 2.75) is 26.4 Å². The van der Waals surface area contributed by atoms with E-state index in [1.807, 2.05) is 26.2 Å². The van der Waals surface area contributed by atoms with Gasteiger partial charge in [0.1, 0.15) is 5.60 Å². The normalized spacial score (nSPS) is 17.3. The summed E-state index contributed by atoms with van der Waals surface area (Å²) in [7, 11) is 0. The van der Waals surface area contributed by atoms with Crippen molar-refractivity contribution >= 4 is 17.9 Å². The van der Waals surface area contributed by atoms with E-state index in [4.69, 9.17) is 4.74 Å². The predicted octanol–water partition coefficient (Wildman–Crippen LogP) is 2.44. The molecule has 0 aromatic carbocycles. The summed E-state index contributed by atoms with van der Waals surface area (Å²) in [5.41, 5.74) is -0.407. The quantitative estimate of drug-likeness (QED) is 0.603. The van der Waals surface area contributed by atoms with Crippen LogP contribution in [0.5, 0.6) is 0 Å². The fourth-order valence-electron chi connectivity index (χ4n) is 0.883. The molecule has 1 amide bonds. The molecular weight excluding hydrogens is 186 g/mol. The second kappa shape index (κ2) is 4.05. The van der Waals surface area contributed by atoms with E-state index < -0.39 is 5.60 Å². The summed E-state index contributed by atoms with van der Waals surface area (Å²) in [6, 6.07) is 0. The number of amides is 1. The van der Waals surface area contributed by atoms with Crippen LogP contribution in [-0.2, 0) is 4.74 Å². The molecule has 0 bridgehead atoms. The molecule has 1 heterocycles. The number of hydrogen-bond acceptors (Lipinski definition) is 3. The smallest absolute Gasteiger partial charge is 0.414 e. The number of hydrogen-bond donors (Lipinski definition) is 0. The minimum atomic E-state index is -0.407. The van der Waals surface area contributed by atoms with Crippen LogP contribution in [0.15, 0.2) is 11.6 Å². The van der Waals surface area contributed by atoms with Gasteiger partial charge in [-0.15, -0.1) is 11.8 Å². The first kappa shape index (κ1) is 10.4. The van der Waals surface area contributed by atoms with Crippen LogP contribution in [0.1, 0.15) is 20.8 Å². The number of carbonyl (C=O) groups excluding carboxylic acids is 1. The molecule has 1 aliphatic heterocycles. The highest BCUT2D eigenvalue weighted by atomic mass is 32.2. The van der Waals surface area contributed by atoms with Gasteiger partial charge in [0.15, 0.2) is 0 Å². The van der Waals surface area contributed by atoms with Crippen molar-refractivity contribution in [1.29, 1.82) is 0 Å². The Morgan fingerprint density at radius 2 is 2.23 bits per heavy atom. The van der Waals surface area contributed by atoms with Crippen LogP contribution in [0.2, 0.25) is 0 Å². The molecule has 0 aromatic heterocycles.